The maximum atomic E-state index is 13.7. The van der Waals surface area contributed by atoms with E-state index in [-0.39, 0.29) is 11.4 Å². The van der Waals surface area contributed by atoms with Gasteiger partial charge in [0.15, 0.2) is 0 Å². The van der Waals surface area contributed by atoms with Gasteiger partial charge in [-0.3, -0.25) is 9.59 Å². The Morgan fingerprint density at radius 3 is 1.84 bits per heavy atom. The van der Waals surface area contributed by atoms with Crippen LogP contribution < -0.4 is 10.6 Å². The lowest BCUT2D eigenvalue weighted by atomic mass is 10.1. The number of amides is 2. The Labute approximate surface area is 247 Å². The maximum Gasteiger partial charge on any atom is 0.274 e. The minimum atomic E-state index is -0.430. The quantitative estimate of drug-likeness (QED) is 0.178. The molecule has 0 saturated heterocycles. The molecule has 4 N–H and O–H groups in total. The molecule has 0 saturated carbocycles. The molecule has 5 heterocycles. The fourth-order valence-corrected chi connectivity index (χ4v) is 6.23. The predicted octanol–water partition coefficient (Wildman–Crippen LogP) is 6.87. The second-order valence-electron chi connectivity index (χ2n) is 10.4. The van der Waals surface area contributed by atoms with Crippen molar-refractivity contribution in [2.24, 2.45) is 0 Å². The van der Waals surface area contributed by atoms with E-state index in [4.69, 9.17) is 0 Å². The number of hydrogen-bond donors (Lipinski definition) is 4. The third-order valence-corrected chi connectivity index (χ3v) is 8.28. The highest BCUT2D eigenvalue weighted by Crippen LogP contribution is 2.33. The zero-order chi connectivity index (χ0) is 29.2. The van der Waals surface area contributed by atoms with Crippen LogP contribution >= 0.6 is 11.7 Å². The van der Waals surface area contributed by atoms with Crippen LogP contribution in [-0.2, 0) is 0 Å². The molecule has 3 aromatic carbocycles. The molecule has 8 aromatic rings. The third-order valence-electron chi connectivity index (χ3n) is 7.73. The number of anilines is 2. The molecule has 0 atom stereocenters. The van der Waals surface area contributed by atoms with E-state index in [0.29, 0.717) is 33.8 Å². The van der Waals surface area contributed by atoms with Crippen LogP contribution in [0.5, 0.6) is 0 Å². The van der Waals surface area contributed by atoms with Crippen molar-refractivity contribution in [3.8, 4) is 0 Å². The number of H-pyrrole nitrogens is 2. The lowest BCUT2D eigenvalue weighted by Gasteiger charge is -2.13. The smallest absolute Gasteiger partial charge is 0.274 e. The Bertz CT molecular complexity index is 2440. The van der Waals surface area contributed by atoms with Gasteiger partial charge >= 0.3 is 0 Å². The van der Waals surface area contributed by atoms with Crippen molar-refractivity contribution in [2.45, 2.75) is 13.8 Å². The summed E-state index contributed by atoms with van der Waals surface area (Å²) in [5.41, 5.74) is 7.41. The van der Waals surface area contributed by atoms with E-state index in [0.717, 1.165) is 55.3 Å². The van der Waals surface area contributed by atoms with Gasteiger partial charge in [-0.05, 0) is 50.2 Å². The van der Waals surface area contributed by atoms with Crippen molar-refractivity contribution in [3.63, 3.8) is 0 Å². The zero-order valence-corrected chi connectivity index (χ0v) is 23.8. The number of aromatic amines is 2. The Balaban J connectivity index is 1.17. The molecule has 0 aliphatic carbocycles. The molecule has 0 unspecified atom stereocenters. The molecule has 43 heavy (non-hydrogen) atoms. The number of hydrogen-bond acceptors (Lipinski definition) is 7. The highest BCUT2D eigenvalue weighted by Gasteiger charge is 2.21. The summed E-state index contributed by atoms with van der Waals surface area (Å²) in [5, 5.41) is 9.74. The van der Waals surface area contributed by atoms with Crippen LogP contribution in [0.25, 0.3) is 54.6 Å². The number of nitrogens with zero attached hydrogens (tertiary/aromatic N) is 4. The topological polar surface area (TPSA) is 141 Å². The Morgan fingerprint density at radius 1 is 0.674 bits per heavy atom. The van der Waals surface area contributed by atoms with Gasteiger partial charge in [0.2, 0.25) is 0 Å². The van der Waals surface area contributed by atoms with E-state index in [1.807, 2.05) is 62.4 Å². The van der Waals surface area contributed by atoms with E-state index < -0.39 is 11.8 Å². The van der Waals surface area contributed by atoms with Crippen LogP contribution in [0.3, 0.4) is 0 Å². The number of pyridine rings is 2. The number of para-hydroxylation sites is 2. The molecular formula is C32H22N8O2S. The van der Waals surface area contributed by atoms with E-state index in [9.17, 15) is 9.59 Å². The third kappa shape index (κ3) is 4.01. The fraction of sp³-hybridized carbons (Fsp3) is 0.0625. The number of aromatic nitrogens is 6. The summed E-state index contributed by atoms with van der Waals surface area (Å²) in [6.07, 6.45) is 0. The van der Waals surface area contributed by atoms with Crippen LogP contribution in [0.4, 0.5) is 11.4 Å². The van der Waals surface area contributed by atoms with Gasteiger partial charge in [-0.2, -0.15) is 8.75 Å². The van der Waals surface area contributed by atoms with Gasteiger partial charge < -0.3 is 20.6 Å². The van der Waals surface area contributed by atoms with Crippen molar-refractivity contribution in [3.05, 3.63) is 95.6 Å². The molecule has 0 bridgehead atoms. The average Bonchev–Trinajstić information content (AvgIpc) is 3.74. The number of nitrogens with one attached hydrogen (secondary N) is 4. The summed E-state index contributed by atoms with van der Waals surface area (Å²) in [6.45, 7) is 3.73. The number of fused-ring (bicyclic) bond motifs is 7. The normalized spacial score (nSPS) is 11.7. The molecule has 2 amide bonds. The lowest BCUT2D eigenvalue weighted by Crippen LogP contribution is -2.19. The van der Waals surface area contributed by atoms with Crippen LogP contribution in [0.2, 0.25) is 0 Å². The lowest BCUT2D eigenvalue weighted by molar-refractivity contribution is 0.101. The molecule has 8 rings (SSSR count). The molecule has 10 nitrogen and oxygen atoms in total. The van der Waals surface area contributed by atoms with Crippen LogP contribution in [0.15, 0.2) is 72.8 Å². The van der Waals surface area contributed by atoms with Crippen molar-refractivity contribution < 1.29 is 9.59 Å². The zero-order valence-electron chi connectivity index (χ0n) is 22.9. The van der Waals surface area contributed by atoms with E-state index >= 15 is 0 Å². The van der Waals surface area contributed by atoms with Crippen LogP contribution in [0.1, 0.15) is 32.4 Å². The van der Waals surface area contributed by atoms with Crippen molar-refractivity contribution in [2.75, 3.05) is 10.6 Å². The molecule has 208 valence electrons. The number of carbonyl (C=O) groups is 2. The summed E-state index contributed by atoms with van der Waals surface area (Å²) in [5.74, 6) is -0.844. The van der Waals surface area contributed by atoms with Gasteiger partial charge in [0, 0.05) is 32.6 Å². The van der Waals surface area contributed by atoms with Gasteiger partial charge in [-0.1, -0.05) is 36.4 Å². The Kier molecular flexibility index (Phi) is 5.50. The molecular weight excluding hydrogens is 560 g/mol. The van der Waals surface area contributed by atoms with Crippen LogP contribution in [-0.4, -0.2) is 40.5 Å². The monoisotopic (exact) mass is 582 g/mol. The Morgan fingerprint density at radius 2 is 1.23 bits per heavy atom. The van der Waals surface area contributed by atoms with Gasteiger partial charge in [0.05, 0.1) is 45.5 Å². The Hall–Kier alpha value is -5.68. The molecule has 0 aliphatic heterocycles. The van der Waals surface area contributed by atoms with Crippen molar-refractivity contribution in [1.82, 2.24) is 28.7 Å². The van der Waals surface area contributed by atoms with Gasteiger partial charge in [-0.25, -0.2) is 9.97 Å². The molecule has 0 aliphatic rings. The summed E-state index contributed by atoms with van der Waals surface area (Å²) in [4.78, 5) is 43.2. The van der Waals surface area contributed by atoms with Crippen LogP contribution in [0, 0.1) is 13.8 Å². The number of aryl methyl sites for hydroxylation is 2. The minimum absolute atomic E-state index is 0.245. The van der Waals surface area contributed by atoms with E-state index in [2.05, 4.69) is 39.3 Å². The van der Waals surface area contributed by atoms with E-state index in [1.54, 1.807) is 24.3 Å². The number of benzene rings is 3. The second-order valence-corrected chi connectivity index (χ2v) is 10.9. The first-order chi connectivity index (χ1) is 20.9. The predicted molar refractivity (Wildman–Crippen MR) is 170 cm³/mol. The highest BCUT2D eigenvalue weighted by atomic mass is 32.1. The molecule has 11 heteroatoms. The average molecular weight is 583 g/mol. The molecule has 0 spiro atoms. The molecule has 0 radical (unpaired) electrons. The molecule has 5 aromatic heterocycles. The van der Waals surface area contributed by atoms with Crippen molar-refractivity contribution >= 4 is 89.6 Å². The SMILES string of the molecule is Cc1nc(C(=O)Nc2ccc3nsnc3c2NC(=O)c2cc3c([nH]c4ccccc43)c(C)n2)cc2c1[nH]c1ccccc12. The first-order valence-electron chi connectivity index (χ1n) is 13.6. The standard InChI is InChI=1S/C32H22N8O2S/c1-15-27-19(17-7-3-5-9-21(17)35-27)13-25(33-15)31(41)37-23-11-12-24-30(40-43-39-24)29(23)38-32(42)26-14-20-18-8-4-6-10-22(18)36-28(20)16(2)34-26/h3-14,35-36H,1-2H3,(H,37,41)(H,38,42). The second kappa shape index (κ2) is 9.43. The summed E-state index contributed by atoms with van der Waals surface area (Å²) in [6, 6.07) is 22.9. The number of rotatable bonds is 4. The minimum Gasteiger partial charge on any atom is -0.353 e. The van der Waals surface area contributed by atoms with Gasteiger partial charge in [0.1, 0.15) is 22.4 Å². The fourth-order valence-electron chi connectivity index (χ4n) is 5.69. The number of carbonyl (C=O) groups excluding carboxylic acids is 2. The summed E-state index contributed by atoms with van der Waals surface area (Å²) in [7, 11) is 0. The highest BCUT2D eigenvalue weighted by molar-refractivity contribution is 7.00. The first-order valence-corrected chi connectivity index (χ1v) is 14.3. The summed E-state index contributed by atoms with van der Waals surface area (Å²) >= 11 is 1.03. The van der Waals surface area contributed by atoms with E-state index in [1.165, 1.54) is 0 Å². The first kappa shape index (κ1) is 25.1. The van der Waals surface area contributed by atoms with Crippen molar-refractivity contribution in [1.29, 1.82) is 0 Å². The molecule has 0 fully saturated rings. The van der Waals surface area contributed by atoms with Gasteiger partial charge in [-0.15, -0.1) is 0 Å². The largest absolute Gasteiger partial charge is 0.353 e. The summed E-state index contributed by atoms with van der Waals surface area (Å²) < 4.78 is 8.73. The van der Waals surface area contributed by atoms with Gasteiger partial charge in [0.25, 0.3) is 11.8 Å². The maximum absolute atomic E-state index is 13.7.